The monoisotopic (exact) mass is 361 g/mol. The summed E-state index contributed by atoms with van der Waals surface area (Å²) in [6.45, 7) is 1.92. The van der Waals surface area contributed by atoms with Gasteiger partial charge in [0.15, 0.2) is 0 Å². The standard InChI is InChI=1S/C18H17F2N3OS/c1-10-22-16-9-14(3-4-17(16)25-10)23(2)18(24)15(21)7-11-5-12(19)8-13(20)6-11/h3-6,8-9,15H,7,21H2,1-2H3. The van der Waals surface area contributed by atoms with Gasteiger partial charge in [-0.3, -0.25) is 4.79 Å². The number of hydrogen-bond donors (Lipinski definition) is 1. The summed E-state index contributed by atoms with van der Waals surface area (Å²) < 4.78 is 27.6. The minimum Gasteiger partial charge on any atom is -0.320 e. The van der Waals surface area contributed by atoms with Crippen molar-refractivity contribution >= 4 is 33.1 Å². The number of benzene rings is 2. The molecular formula is C18H17F2N3OS. The largest absolute Gasteiger partial charge is 0.320 e. The summed E-state index contributed by atoms with van der Waals surface area (Å²) in [4.78, 5) is 18.4. The van der Waals surface area contributed by atoms with Crippen LogP contribution in [0.4, 0.5) is 14.5 Å². The minimum atomic E-state index is -0.904. The molecule has 0 radical (unpaired) electrons. The number of likely N-dealkylation sites (N-methyl/N-ethyl adjacent to an activating group) is 1. The average Bonchev–Trinajstić information content (AvgIpc) is 2.91. The Bertz CT molecular complexity index is 921. The van der Waals surface area contributed by atoms with Gasteiger partial charge in [0.1, 0.15) is 11.6 Å². The Morgan fingerprint density at radius 1 is 1.24 bits per heavy atom. The summed E-state index contributed by atoms with van der Waals surface area (Å²) in [6, 6.07) is 7.80. The molecule has 0 saturated heterocycles. The third kappa shape index (κ3) is 3.83. The number of aromatic nitrogens is 1. The van der Waals surface area contributed by atoms with E-state index >= 15 is 0 Å². The second-order valence-electron chi connectivity index (χ2n) is 5.87. The summed E-state index contributed by atoms with van der Waals surface area (Å²) in [5.41, 5.74) is 7.79. The first-order valence-electron chi connectivity index (χ1n) is 7.69. The molecule has 1 amide bonds. The zero-order valence-corrected chi connectivity index (χ0v) is 14.6. The lowest BCUT2D eigenvalue weighted by Gasteiger charge is -2.21. The van der Waals surface area contributed by atoms with E-state index in [2.05, 4.69) is 4.98 Å². The molecule has 3 rings (SSSR count). The van der Waals surface area contributed by atoms with Crippen molar-refractivity contribution in [3.8, 4) is 0 Å². The smallest absolute Gasteiger partial charge is 0.243 e. The van der Waals surface area contributed by atoms with E-state index in [4.69, 9.17) is 5.73 Å². The Morgan fingerprint density at radius 2 is 1.92 bits per heavy atom. The topological polar surface area (TPSA) is 59.2 Å². The Hall–Kier alpha value is -2.38. The van der Waals surface area contributed by atoms with Crippen LogP contribution in [0.2, 0.25) is 0 Å². The Morgan fingerprint density at radius 3 is 2.60 bits per heavy atom. The fourth-order valence-corrected chi connectivity index (χ4v) is 3.49. The van der Waals surface area contributed by atoms with Gasteiger partial charge in [0.05, 0.1) is 21.3 Å². The minimum absolute atomic E-state index is 0.0515. The molecular weight excluding hydrogens is 344 g/mol. The molecule has 0 aliphatic heterocycles. The summed E-state index contributed by atoms with van der Waals surface area (Å²) in [7, 11) is 1.62. The van der Waals surface area contributed by atoms with Crippen LogP contribution < -0.4 is 10.6 Å². The maximum Gasteiger partial charge on any atom is 0.243 e. The van der Waals surface area contributed by atoms with Crippen molar-refractivity contribution in [3.05, 3.63) is 58.6 Å². The molecule has 130 valence electrons. The van der Waals surface area contributed by atoms with Crippen LogP contribution in [0.1, 0.15) is 10.6 Å². The number of halogens is 2. The second kappa shape index (κ2) is 6.85. The Labute approximate surface area is 147 Å². The van der Waals surface area contributed by atoms with E-state index in [0.717, 1.165) is 21.3 Å². The van der Waals surface area contributed by atoms with E-state index in [9.17, 15) is 13.6 Å². The predicted molar refractivity (Wildman–Crippen MR) is 95.8 cm³/mol. The summed E-state index contributed by atoms with van der Waals surface area (Å²) in [5.74, 6) is -1.71. The molecule has 0 aliphatic rings. The van der Waals surface area contributed by atoms with Crippen molar-refractivity contribution < 1.29 is 13.6 Å². The van der Waals surface area contributed by atoms with Gasteiger partial charge in [-0.1, -0.05) is 0 Å². The number of rotatable bonds is 4. The van der Waals surface area contributed by atoms with Gasteiger partial charge in [-0.05, 0) is 49.2 Å². The van der Waals surface area contributed by atoms with Crippen molar-refractivity contribution in [1.82, 2.24) is 4.98 Å². The summed E-state index contributed by atoms with van der Waals surface area (Å²) >= 11 is 1.58. The van der Waals surface area contributed by atoms with Crippen molar-refractivity contribution in [2.75, 3.05) is 11.9 Å². The van der Waals surface area contributed by atoms with E-state index in [-0.39, 0.29) is 12.3 Å². The first-order chi connectivity index (χ1) is 11.8. The number of carbonyl (C=O) groups excluding carboxylic acids is 1. The number of fused-ring (bicyclic) bond motifs is 1. The lowest BCUT2D eigenvalue weighted by atomic mass is 10.0. The van der Waals surface area contributed by atoms with Crippen molar-refractivity contribution in [1.29, 1.82) is 0 Å². The predicted octanol–water partition coefficient (Wildman–Crippen LogP) is 3.42. The number of nitrogens with zero attached hydrogens (tertiary/aromatic N) is 2. The van der Waals surface area contributed by atoms with Crippen LogP contribution in [0.25, 0.3) is 10.2 Å². The molecule has 1 unspecified atom stereocenters. The van der Waals surface area contributed by atoms with Gasteiger partial charge >= 0.3 is 0 Å². The molecule has 1 atom stereocenters. The number of thiazole rings is 1. The first kappa shape index (κ1) is 17.4. The number of amides is 1. The lowest BCUT2D eigenvalue weighted by molar-refractivity contribution is -0.119. The molecule has 3 aromatic rings. The molecule has 0 fully saturated rings. The molecule has 2 N–H and O–H groups in total. The number of anilines is 1. The SMILES string of the molecule is Cc1nc2cc(N(C)C(=O)C(N)Cc3cc(F)cc(F)c3)ccc2s1. The highest BCUT2D eigenvalue weighted by Gasteiger charge is 2.20. The number of nitrogens with two attached hydrogens (primary N) is 1. The fourth-order valence-electron chi connectivity index (χ4n) is 2.69. The van der Waals surface area contributed by atoms with Crippen molar-refractivity contribution in [3.63, 3.8) is 0 Å². The number of carbonyl (C=O) groups is 1. The molecule has 0 aliphatic carbocycles. The molecule has 4 nitrogen and oxygen atoms in total. The molecule has 2 aromatic carbocycles. The molecule has 0 saturated carbocycles. The molecule has 7 heteroatoms. The maximum atomic E-state index is 13.3. The number of hydrogen-bond acceptors (Lipinski definition) is 4. The zero-order valence-electron chi connectivity index (χ0n) is 13.8. The van der Waals surface area contributed by atoms with Crippen molar-refractivity contribution in [2.45, 2.75) is 19.4 Å². The van der Waals surface area contributed by atoms with Crippen LogP contribution in [-0.2, 0) is 11.2 Å². The highest BCUT2D eigenvalue weighted by Crippen LogP contribution is 2.26. The fraction of sp³-hybridized carbons (Fsp3) is 0.222. The second-order valence-corrected chi connectivity index (χ2v) is 7.11. The summed E-state index contributed by atoms with van der Waals surface area (Å²) in [5, 5.41) is 0.950. The van der Waals surface area contributed by atoms with E-state index in [1.54, 1.807) is 18.4 Å². The van der Waals surface area contributed by atoms with Crippen LogP contribution in [-0.4, -0.2) is 24.0 Å². The molecule has 0 bridgehead atoms. The maximum absolute atomic E-state index is 13.3. The van der Waals surface area contributed by atoms with Crippen LogP contribution in [0.3, 0.4) is 0 Å². The zero-order chi connectivity index (χ0) is 18.1. The molecule has 1 heterocycles. The Kier molecular flexibility index (Phi) is 4.78. The van der Waals surface area contributed by atoms with Gasteiger partial charge < -0.3 is 10.6 Å². The quantitative estimate of drug-likeness (QED) is 0.775. The van der Waals surface area contributed by atoms with Crippen LogP contribution in [0.5, 0.6) is 0 Å². The van der Waals surface area contributed by atoms with E-state index in [1.807, 2.05) is 25.1 Å². The Balaban J connectivity index is 1.77. The normalized spacial score (nSPS) is 12.4. The van der Waals surface area contributed by atoms with Gasteiger partial charge in [-0.15, -0.1) is 11.3 Å². The molecule has 1 aromatic heterocycles. The number of aryl methyl sites for hydroxylation is 1. The third-order valence-electron chi connectivity index (χ3n) is 3.89. The molecule has 25 heavy (non-hydrogen) atoms. The van der Waals surface area contributed by atoms with Gasteiger partial charge in [0, 0.05) is 18.8 Å². The van der Waals surface area contributed by atoms with E-state index in [0.29, 0.717) is 11.3 Å². The first-order valence-corrected chi connectivity index (χ1v) is 8.50. The highest BCUT2D eigenvalue weighted by molar-refractivity contribution is 7.18. The lowest BCUT2D eigenvalue weighted by Crippen LogP contribution is -2.43. The van der Waals surface area contributed by atoms with E-state index < -0.39 is 17.7 Å². The average molecular weight is 361 g/mol. The van der Waals surface area contributed by atoms with E-state index in [1.165, 1.54) is 17.0 Å². The van der Waals surface area contributed by atoms with Crippen LogP contribution >= 0.6 is 11.3 Å². The van der Waals surface area contributed by atoms with Gasteiger partial charge in [-0.2, -0.15) is 0 Å². The van der Waals surface area contributed by atoms with Crippen LogP contribution in [0, 0.1) is 18.6 Å². The van der Waals surface area contributed by atoms with Gasteiger partial charge in [-0.25, -0.2) is 13.8 Å². The van der Waals surface area contributed by atoms with Crippen LogP contribution in [0.15, 0.2) is 36.4 Å². The summed E-state index contributed by atoms with van der Waals surface area (Å²) in [6.07, 6.45) is 0.0515. The highest BCUT2D eigenvalue weighted by atomic mass is 32.1. The van der Waals surface area contributed by atoms with Gasteiger partial charge in [0.25, 0.3) is 0 Å². The molecule has 0 spiro atoms. The van der Waals surface area contributed by atoms with Gasteiger partial charge in [0.2, 0.25) is 5.91 Å². The third-order valence-corrected chi connectivity index (χ3v) is 4.84. The van der Waals surface area contributed by atoms with Crippen molar-refractivity contribution in [2.24, 2.45) is 5.73 Å².